The van der Waals surface area contributed by atoms with E-state index in [1.54, 1.807) is 0 Å². The highest BCUT2D eigenvalue weighted by molar-refractivity contribution is 5.72. The molecule has 1 unspecified atom stereocenters. The van der Waals surface area contributed by atoms with Crippen LogP contribution < -0.4 is 0 Å². The summed E-state index contributed by atoms with van der Waals surface area (Å²) in [7, 11) is 0. The van der Waals surface area contributed by atoms with Gasteiger partial charge in [-0.15, -0.1) is 0 Å². The molecule has 0 aliphatic heterocycles. The minimum Gasteiger partial charge on any atom is -0.466 e. The molecule has 2 rings (SSSR count). The molecule has 0 N–H and O–H groups in total. The van der Waals surface area contributed by atoms with Crippen molar-refractivity contribution in [1.29, 1.82) is 0 Å². The Bertz CT molecular complexity index is 476. The van der Waals surface area contributed by atoms with Crippen molar-refractivity contribution in [3.05, 3.63) is 34.9 Å². The maximum atomic E-state index is 11.5. The van der Waals surface area contributed by atoms with E-state index in [4.69, 9.17) is 4.74 Å². The summed E-state index contributed by atoms with van der Waals surface area (Å²) in [5.41, 5.74) is 4.30. The van der Waals surface area contributed by atoms with Gasteiger partial charge in [-0.2, -0.15) is 0 Å². The van der Waals surface area contributed by atoms with Crippen LogP contribution in [0.25, 0.3) is 0 Å². The van der Waals surface area contributed by atoms with Gasteiger partial charge in [0.1, 0.15) is 0 Å². The second-order valence-corrected chi connectivity index (χ2v) is 6.25. The van der Waals surface area contributed by atoms with E-state index in [2.05, 4.69) is 39.0 Å². The molecule has 1 aromatic rings. The van der Waals surface area contributed by atoms with Crippen molar-refractivity contribution in [1.82, 2.24) is 0 Å². The molecule has 1 aliphatic carbocycles. The van der Waals surface area contributed by atoms with Gasteiger partial charge in [0, 0.05) is 0 Å². The van der Waals surface area contributed by atoms with Gasteiger partial charge in [-0.25, -0.2) is 0 Å². The molecular formula is C17H24O2. The zero-order chi connectivity index (χ0) is 14.0. The molecule has 2 nitrogen and oxygen atoms in total. The summed E-state index contributed by atoms with van der Waals surface area (Å²) in [5.74, 6) is 0.542. The average molecular weight is 260 g/mol. The SMILES string of the molecule is CCOC(=O)Cc1ccc2c(c1)CC(C)(C(C)C)C2. The number of esters is 1. The zero-order valence-electron chi connectivity index (χ0n) is 12.5. The lowest BCUT2D eigenvalue weighted by atomic mass is 9.77. The monoisotopic (exact) mass is 260 g/mol. The first-order chi connectivity index (χ1) is 8.94. The van der Waals surface area contributed by atoms with Gasteiger partial charge >= 0.3 is 5.97 Å². The summed E-state index contributed by atoms with van der Waals surface area (Å²) in [6.45, 7) is 9.25. The van der Waals surface area contributed by atoms with E-state index in [-0.39, 0.29) is 5.97 Å². The van der Waals surface area contributed by atoms with Crippen molar-refractivity contribution in [2.75, 3.05) is 6.61 Å². The Morgan fingerprint density at radius 3 is 2.63 bits per heavy atom. The Hall–Kier alpha value is -1.31. The smallest absolute Gasteiger partial charge is 0.310 e. The fourth-order valence-electron chi connectivity index (χ4n) is 2.85. The van der Waals surface area contributed by atoms with Crippen LogP contribution in [0.4, 0.5) is 0 Å². The van der Waals surface area contributed by atoms with E-state index in [1.165, 1.54) is 11.1 Å². The molecular weight excluding hydrogens is 236 g/mol. The molecule has 1 atom stereocenters. The van der Waals surface area contributed by atoms with Crippen LogP contribution in [0.1, 0.15) is 44.4 Å². The predicted octanol–water partition coefficient (Wildman–Crippen LogP) is 3.55. The van der Waals surface area contributed by atoms with E-state index in [1.807, 2.05) is 6.92 Å². The van der Waals surface area contributed by atoms with Gasteiger partial charge in [-0.05, 0) is 47.8 Å². The first kappa shape index (κ1) is 14.1. The minimum absolute atomic E-state index is 0.132. The van der Waals surface area contributed by atoms with E-state index >= 15 is 0 Å². The average Bonchev–Trinajstić information content (AvgIpc) is 2.66. The molecule has 0 aromatic heterocycles. The van der Waals surface area contributed by atoms with Gasteiger partial charge in [-0.3, -0.25) is 4.79 Å². The fourth-order valence-corrected chi connectivity index (χ4v) is 2.85. The molecule has 0 heterocycles. The first-order valence-electron chi connectivity index (χ1n) is 7.21. The molecule has 0 spiro atoms. The van der Waals surface area contributed by atoms with Crippen molar-refractivity contribution < 1.29 is 9.53 Å². The topological polar surface area (TPSA) is 26.3 Å². The highest BCUT2D eigenvalue weighted by Gasteiger charge is 2.35. The van der Waals surface area contributed by atoms with E-state index in [0.717, 1.165) is 18.4 Å². The molecule has 0 fully saturated rings. The molecule has 0 radical (unpaired) electrons. The van der Waals surface area contributed by atoms with Crippen molar-refractivity contribution in [2.45, 2.75) is 47.0 Å². The number of rotatable bonds is 4. The Kier molecular flexibility index (Phi) is 3.98. The normalized spacial score (nSPS) is 21.5. The van der Waals surface area contributed by atoms with Gasteiger partial charge < -0.3 is 4.74 Å². The molecule has 19 heavy (non-hydrogen) atoms. The number of hydrogen-bond acceptors (Lipinski definition) is 2. The molecule has 1 aliphatic rings. The highest BCUT2D eigenvalue weighted by atomic mass is 16.5. The van der Waals surface area contributed by atoms with Crippen LogP contribution in [0.15, 0.2) is 18.2 Å². The summed E-state index contributed by atoms with van der Waals surface area (Å²) < 4.78 is 5.01. The number of carbonyl (C=O) groups is 1. The molecule has 0 bridgehead atoms. The summed E-state index contributed by atoms with van der Waals surface area (Å²) in [5, 5.41) is 0. The van der Waals surface area contributed by atoms with E-state index in [0.29, 0.717) is 24.4 Å². The number of benzene rings is 1. The highest BCUT2D eigenvalue weighted by Crippen LogP contribution is 2.42. The maximum absolute atomic E-state index is 11.5. The van der Waals surface area contributed by atoms with Crippen LogP contribution in [0, 0.1) is 11.3 Å². The minimum atomic E-state index is -0.132. The standard InChI is InChI=1S/C17H24O2/c1-5-19-16(18)9-13-6-7-14-10-17(4,12(2)3)11-15(14)8-13/h6-8,12H,5,9-11H2,1-4H3. The van der Waals surface area contributed by atoms with Gasteiger partial charge in [0.25, 0.3) is 0 Å². The van der Waals surface area contributed by atoms with Gasteiger partial charge in [-0.1, -0.05) is 39.0 Å². The Morgan fingerprint density at radius 2 is 2.00 bits per heavy atom. The number of carbonyl (C=O) groups excluding carboxylic acids is 1. The lowest BCUT2D eigenvalue weighted by Crippen LogP contribution is -2.23. The van der Waals surface area contributed by atoms with Crippen LogP contribution in [0.5, 0.6) is 0 Å². The molecule has 104 valence electrons. The van der Waals surface area contributed by atoms with Crippen LogP contribution in [-0.2, 0) is 28.8 Å². The molecule has 0 amide bonds. The summed E-state index contributed by atoms with van der Waals surface area (Å²) in [4.78, 5) is 11.5. The Morgan fingerprint density at radius 1 is 1.32 bits per heavy atom. The molecule has 0 saturated heterocycles. The van der Waals surface area contributed by atoms with Crippen LogP contribution in [0.2, 0.25) is 0 Å². The quantitative estimate of drug-likeness (QED) is 0.774. The van der Waals surface area contributed by atoms with Crippen LogP contribution in [-0.4, -0.2) is 12.6 Å². The maximum Gasteiger partial charge on any atom is 0.310 e. The third kappa shape index (κ3) is 2.99. The van der Waals surface area contributed by atoms with Crippen molar-refractivity contribution in [3.63, 3.8) is 0 Å². The van der Waals surface area contributed by atoms with Gasteiger partial charge in [0.2, 0.25) is 0 Å². The third-order valence-electron chi connectivity index (χ3n) is 4.51. The Balaban J connectivity index is 2.13. The second-order valence-electron chi connectivity index (χ2n) is 6.25. The molecule has 0 saturated carbocycles. The third-order valence-corrected chi connectivity index (χ3v) is 4.51. The second kappa shape index (κ2) is 5.36. The Labute approximate surface area is 116 Å². The summed E-state index contributed by atoms with van der Waals surface area (Å²) in [6, 6.07) is 6.46. The molecule has 1 aromatic carbocycles. The first-order valence-corrected chi connectivity index (χ1v) is 7.21. The zero-order valence-corrected chi connectivity index (χ0v) is 12.5. The lowest BCUT2D eigenvalue weighted by Gasteiger charge is -2.28. The van der Waals surface area contributed by atoms with Crippen molar-refractivity contribution >= 4 is 5.97 Å². The number of fused-ring (bicyclic) bond motifs is 1. The van der Waals surface area contributed by atoms with E-state index < -0.39 is 0 Å². The summed E-state index contributed by atoms with van der Waals surface area (Å²) >= 11 is 0. The number of ether oxygens (including phenoxy) is 1. The largest absolute Gasteiger partial charge is 0.466 e. The number of hydrogen-bond donors (Lipinski definition) is 0. The van der Waals surface area contributed by atoms with Crippen molar-refractivity contribution in [2.24, 2.45) is 11.3 Å². The lowest BCUT2D eigenvalue weighted by molar-refractivity contribution is -0.142. The predicted molar refractivity (Wildman–Crippen MR) is 77.1 cm³/mol. The van der Waals surface area contributed by atoms with Gasteiger partial charge in [0.05, 0.1) is 13.0 Å². The van der Waals surface area contributed by atoms with Gasteiger partial charge in [0.15, 0.2) is 0 Å². The fraction of sp³-hybridized carbons (Fsp3) is 0.588. The van der Waals surface area contributed by atoms with Crippen LogP contribution >= 0.6 is 0 Å². The van der Waals surface area contributed by atoms with E-state index in [9.17, 15) is 4.79 Å². The van der Waals surface area contributed by atoms with Crippen LogP contribution in [0.3, 0.4) is 0 Å². The summed E-state index contributed by atoms with van der Waals surface area (Å²) in [6.07, 6.45) is 2.66. The molecule has 2 heteroatoms. The van der Waals surface area contributed by atoms with Crippen molar-refractivity contribution in [3.8, 4) is 0 Å².